The summed E-state index contributed by atoms with van der Waals surface area (Å²) < 4.78 is 13.2. The fourth-order valence-corrected chi connectivity index (χ4v) is 2.25. The van der Waals surface area contributed by atoms with Gasteiger partial charge >= 0.3 is 0 Å². The Morgan fingerprint density at radius 2 is 1.90 bits per heavy atom. The number of benzene rings is 2. The summed E-state index contributed by atoms with van der Waals surface area (Å²) in [6.45, 7) is 4.37. The number of hydrogen-bond donors (Lipinski definition) is 2. The molecule has 0 heterocycles. The maximum Gasteiger partial charge on any atom is 0.123 e. The number of aliphatic hydroxyl groups is 1. The number of rotatable bonds is 5. The van der Waals surface area contributed by atoms with Crippen molar-refractivity contribution in [2.75, 3.05) is 6.54 Å². The lowest BCUT2D eigenvalue weighted by molar-refractivity contribution is 0.170. The molecule has 0 fully saturated rings. The van der Waals surface area contributed by atoms with Crippen molar-refractivity contribution in [3.05, 3.63) is 71.0 Å². The van der Waals surface area contributed by atoms with E-state index in [-0.39, 0.29) is 11.9 Å². The van der Waals surface area contributed by atoms with Gasteiger partial charge in [-0.2, -0.15) is 0 Å². The van der Waals surface area contributed by atoms with Crippen LogP contribution in [-0.4, -0.2) is 11.7 Å². The normalized spacial score (nSPS) is 14.0. The lowest BCUT2D eigenvalue weighted by atomic mass is 10.0. The molecule has 0 bridgehead atoms. The van der Waals surface area contributed by atoms with Gasteiger partial charge in [0.15, 0.2) is 0 Å². The molecule has 0 aliphatic heterocycles. The summed E-state index contributed by atoms with van der Waals surface area (Å²) in [5.74, 6) is -0.240. The van der Waals surface area contributed by atoms with E-state index in [4.69, 9.17) is 0 Å². The Morgan fingerprint density at radius 3 is 2.60 bits per heavy atom. The predicted octanol–water partition coefficient (Wildman–Crippen LogP) is 3.52. The molecule has 0 aromatic heterocycles. The standard InChI is InChI=1S/C17H20FNO/c1-12-6-3-4-9-16(12)17(20)11-19-13(2)14-7-5-8-15(18)10-14/h3-10,13,17,19-20H,11H2,1-2H3. The van der Waals surface area contributed by atoms with Gasteiger partial charge in [0, 0.05) is 12.6 Å². The third-order valence-electron chi connectivity index (χ3n) is 3.51. The summed E-state index contributed by atoms with van der Waals surface area (Å²) in [5, 5.41) is 13.5. The fraction of sp³-hybridized carbons (Fsp3) is 0.294. The highest BCUT2D eigenvalue weighted by Gasteiger charge is 2.12. The van der Waals surface area contributed by atoms with Crippen LogP contribution in [0, 0.1) is 12.7 Å². The molecule has 106 valence electrons. The fourth-order valence-electron chi connectivity index (χ4n) is 2.25. The Labute approximate surface area is 119 Å². The SMILES string of the molecule is Cc1ccccc1C(O)CNC(C)c1cccc(F)c1. The molecule has 2 nitrogen and oxygen atoms in total. The lowest BCUT2D eigenvalue weighted by Gasteiger charge is -2.19. The van der Waals surface area contributed by atoms with Crippen molar-refractivity contribution < 1.29 is 9.50 Å². The average Bonchev–Trinajstić information content (AvgIpc) is 2.45. The predicted molar refractivity (Wildman–Crippen MR) is 79.0 cm³/mol. The molecule has 2 aromatic carbocycles. The molecule has 0 saturated heterocycles. The van der Waals surface area contributed by atoms with Gasteiger partial charge in [0.05, 0.1) is 6.10 Å². The van der Waals surface area contributed by atoms with Gasteiger partial charge in [-0.05, 0) is 42.7 Å². The molecule has 2 rings (SSSR count). The second kappa shape index (κ2) is 6.64. The van der Waals surface area contributed by atoms with E-state index in [0.717, 1.165) is 16.7 Å². The van der Waals surface area contributed by atoms with Crippen molar-refractivity contribution in [3.8, 4) is 0 Å². The topological polar surface area (TPSA) is 32.3 Å². The van der Waals surface area contributed by atoms with Crippen molar-refractivity contribution in [1.82, 2.24) is 5.32 Å². The van der Waals surface area contributed by atoms with Crippen molar-refractivity contribution in [1.29, 1.82) is 0 Å². The van der Waals surface area contributed by atoms with Gasteiger partial charge in [-0.15, -0.1) is 0 Å². The van der Waals surface area contributed by atoms with E-state index in [2.05, 4.69) is 5.32 Å². The molecule has 2 atom stereocenters. The number of aliphatic hydroxyl groups excluding tert-OH is 1. The van der Waals surface area contributed by atoms with Crippen LogP contribution in [-0.2, 0) is 0 Å². The van der Waals surface area contributed by atoms with Crippen LogP contribution >= 0.6 is 0 Å². The van der Waals surface area contributed by atoms with Gasteiger partial charge in [0.25, 0.3) is 0 Å². The van der Waals surface area contributed by atoms with E-state index in [1.165, 1.54) is 12.1 Å². The van der Waals surface area contributed by atoms with Crippen LogP contribution in [0.5, 0.6) is 0 Å². The largest absolute Gasteiger partial charge is 0.387 e. The summed E-state index contributed by atoms with van der Waals surface area (Å²) in [7, 11) is 0. The Balaban J connectivity index is 1.97. The van der Waals surface area contributed by atoms with Crippen LogP contribution in [0.15, 0.2) is 48.5 Å². The summed E-state index contributed by atoms with van der Waals surface area (Å²) in [6, 6.07) is 14.3. The summed E-state index contributed by atoms with van der Waals surface area (Å²) in [4.78, 5) is 0. The van der Waals surface area contributed by atoms with E-state index in [1.807, 2.05) is 44.2 Å². The minimum absolute atomic E-state index is 0.00984. The highest BCUT2D eigenvalue weighted by atomic mass is 19.1. The Hall–Kier alpha value is -1.71. The van der Waals surface area contributed by atoms with Crippen molar-refractivity contribution in [3.63, 3.8) is 0 Å². The van der Waals surface area contributed by atoms with Crippen LogP contribution < -0.4 is 5.32 Å². The van der Waals surface area contributed by atoms with Gasteiger partial charge in [0.1, 0.15) is 5.82 Å². The van der Waals surface area contributed by atoms with Crippen molar-refractivity contribution >= 4 is 0 Å². The second-order valence-electron chi connectivity index (χ2n) is 5.06. The molecule has 0 saturated carbocycles. The summed E-state index contributed by atoms with van der Waals surface area (Å²) >= 11 is 0. The first-order chi connectivity index (χ1) is 9.58. The van der Waals surface area contributed by atoms with Crippen molar-refractivity contribution in [2.45, 2.75) is 26.0 Å². The maximum atomic E-state index is 13.2. The number of hydrogen-bond acceptors (Lipinski definition) is 2. The minimum atomic E-state index is -0.563. The third kappa shape index (κ3) is 3.65. The highest BCUT2D eigenvalue weighted by Crippen LogP contribution is 2.18. The molecule has 2 aromatic rings. The zero-order chi connectivity index (χ0) is 14.5. The van der Waals surface area contributed by atoms with E-state index in [9.17, 15) is 9.50 Å². The first-order valence-corrected chi connectivity index (χ1v) is 6.80. The molecule has 0 aliphatic rings. The Kier molecular flexibility index (Phi) is 4.88. The van der Waals surface area contributed by atoms with E-state index >= 15 is 0 Å². The first-order valence-electron chi connectivity index (χ1n) is 6.80. The van der Waals surface area contributed by atoms with Gasteiger partial charge in [-0.1, -0.05) is 36.4 Å². The molecule has 0 aliphatic carbocycles. The van der Waals surface area contributed by atoms with Crippen molar-refractivity contribution in [2.24, 2.45) is 0 Å². The van der Waals surface area contributed by atoms with E-state index < -0.39 is 6.10 Å². The zero-order valence-electron chi connectivity index (χ0n) is 11.8. The Bertz CT molecular complexity index is 570. The number of halogens is 1. The smallest absolute Gasteiger partial charge is 0.123 e. The van der Waals surface area contributed by atoms with E-state index in [0.29, 0.717) is 6.54 Å². The Morgan fingerprint density at radius 1 is 1.15 bits per heavy atom. The summed E-state index contributed by atoms with van der Waals surface area (Å²) in [5.41, 5.74) is 2.87. The van der Waals surface area contributed by atoms with Gasteiger partial charge in [0.2, 0.25) is 0 Å². The molecule has 20 heavy (non-hydrogen) atoms. The molecule has 0 amide bonds. The number of nitrogens with one attached hydrogen (secondary N) is 1. The average molecular weight is 273 g/mol. The van der Waals surface area contributed by atoms with E-state index in [1.54, 1.807) is 6.07 Å². The molecule has 2 N–H and O–H groups in total. The maximum absolute atomic E-state index is 13.2. The van der Waals surface area contributed by atoms with Crippen LogP contribution in [0.1, 0.15) is 35.8 Å². The van der Waals surface area contributed by atoms with Gasteiger partial charge in [-0.3, -0.25) is 0 Å². The van der Waals surface area contributed by atoms with Crippen LogP contribution in [0.4, 0.5) is 4.39 Å². The molecular formula is C17H20FNO. The number of aryl methyl sites for hydroxylation is 1. The molecule has 0 spiro atoms. The third-order valence-corrected chi connectivity index (χ3v) is 3.51. The molecule has 2 unspecified atom stereocenters. The zero-order valence-corrected chi connectivity index (χ0v) is 11.8. The second-order valence-corrected chi connectivity index (χ2v) is 5.06. The monoisotopic (exact) mass is 273 g/mol. The highest BCUT2D eigenvalue weighted by molar-refractivity contribution is 5.28. The van der Waals surface area contributed by atoms with Crippen LogP contribution in [0.25, 0.3) is 0 Å². The van der Waals surface area contributed by atoms with Crippen LogP contribution in [0.3, 0.4) is 0 Å². The quantitative estimate of drug-likeness (QED) is 0.873. The lowest BCUT2D eigenvalue weighted by Crippen LogP contribution is -2.25. The minimum Gasteiger partial charge on any atom is -0.387 e. The van der Waals surface area contributed by atoms with Gasteiger partial charge < -0.3 is 10.4 Å². The molecule has 0 radical (unpaired) electrons. The first kappa shape index (κ1) is 14.7. The van der Waals surface area contributed by atoms with Crippen LogP contribution in [0.2, 0.25) is 0 Å². The molecular weight excluding hydrogens is 253 g/mol. The summed E-state index contributed by atoms with van der Waals surface area (Å²) in [6.07, 6.45) is -0.563. The van der Waals surface area contributed by atoms with Gasteiger partial charge in [-0.25, -0.2) is 4.39 Å². The molecule has 3 heteroatoms.